The number of rotatable bonds is 5. The molecule has 2 aliphatic heterocycles. The average molecular weight is 437 g/mol. The van der Waals surface area contributed by atoms with Crippen molar-refractivity contribution in [1.82, 2.24) is 14.8 Å². The maximum absolute atomic E-state index is 13.1. The number of nitrogens with zero attached hydrogens (tertiary/aromatic N) is 2. The molecule has 4 rings (SSSR count). The number of aryl methyl sites for hydroxylation is 1. The minimum atomic E-state index is -0.634. The van der Waals surface area contributed by atoms with Crippen LogP contribution in [0.2, 0.25) is 0 Å². The van der Waals surface area contributed by atoms with Gasteiger partial charge >= 0.3 is 6.03 Å². The lowest BCUT2D eigenvalue weighted by Gasteiger charge is -2.43. The van der Waals surface area contributed by atoms with E-state index in [0.29, 0.717) is 19.6 Å². The van der Waals surface area contributed by atoms with Gasteiger partial charge in [0.25, 0.3) is 5.56 Å². The molecule has 0 unspecified atom stereocenters. The van der Waals surface area contributed by atoms with E-state index in [1.807, 2.05) is 48.7 Å². The molecular weight excluding hydrogens is 404 g/mol. The van der Waals surface area contributed by atoms with Crippen molar-refractivity contribution in [3.8, 4) is 0 Å². The summed E-state index contributed by atoms with van der Waals surface area (Å²) in [6.07, 6.45) is 1.92. The first-order valence-corrected chi connectivity index (χ1v) is 11.5. The molecule has 3 heterocycles. The Labute approximate surface area is 188 Å². The quantitative estimate of drug-likeness (QED) is 0.755. The van der Waals surface area contributed by atoms with Crippen molar-refractivity contribution in [2.24, 2.45) is 11.8 Å². The zero-order valence-electron chi connectivity index (χ0n) is 19.0. The van der Waals surface area contributed by atoms with E-state index in [-0.39, 0.29) is 35.3 Å². The summed E-state index contributed by atoms with van der Waals surface area (Å²) in [6, 6.07) is 12.3. The fourth-order valence-electron chi connectivity index (χ4n) is 4.87. The number of carbonyl (C=O) groups excluding carboxylic acids is 2. The van der Waals surface area contributed by atoms with Crippen LogP contribution in [0.1, 0.15) is 44.4 Å². The van der Waals surface area contributed by atoms with Crippen molar-refractivity contribution in [2.75, 3.05) is 18.4 Å². The third-order valence-corrected chi connectivity index (χ3v) is 6.62. The predicted octanol–water partition coefficient (Wildman–Crippen LogP) is 3.20. The van der Waals surface area contributed by atoms with Crippen LogP contribution in [0.4, 0.5) is 10.5 Å². The maximum Gasteiger partial charge on any atom is 0.318 e. The van der Waals surface area contributed by atoms with Crippen LogP contribution >= 0.6 is 0 Å². The number of likely N-dealkylation sites (tertiary alicyclic amines) is 1. The van der Waals surface area contributed by atoms with Gasteiger partial charge in [-0.2, -0.15) is 0 Å². The minimum absolute atomic E-state index is 0.0265. The van der Waals surface area contributed by atoms with E-state index in [1.165, 1.54) is 5.56 Å². The van der Waals surface area contributed by atoms with Gasteiger partial charge in [0.15, 0.2) is 0 Å². The van der Waals surface area contributed by atoms with Crippen molar-refractivity contribution in [1.29, 1.82) is 0 Å². The number of benzene rings is 1. The van der Waals surface area contributed by atoms with Crippen LogP contribution < -0.4 is 16.2 Å². The van der Waals surface area contributed by atoms with Gasteiger partial charge in [0.05, 0.1) is 0 Å². The number of fused-ring (bicyclic) bond motifs is 4. The molecule has 1 aromatic heterocycles. The summed E-state index contributed by atoms with van der Waals surface area (Å²) in [5.74, 6) is 0.116. The molecule has 0 spiro atoms. The highest BCUT2D eigenvalue weighted by molar-refractivity contribution is 5.97. The molecular formula is C25H32N4O3. The Kier molecular flexibility index (Phi) is 6.35. The molecule has 1 saturated heterocycles. The van der Waals surface area contributed by atoms with Crippen LogP contribution in [-0.4, -0.2) is 40.5 Å². The highest BCUT2D eigenvalue weighted by Gasteiger charge is 2.37. The zero-order chi connectivity index (χ0) is 22.8. The molecule has 2 aliphatic rings. The number of aromatic nitrogens is 1. The van der Waals surface area contributed by atoms with Gasteiger partial charge in [-0.15, -0.1) is 0 Å². The van der Waals surface area contributed by atoms with Gasteiger partial charge in [0, 0.05) is 43.0 Å². The molecule has 1 aromatic carbocycles. The molecule has 2 bridgehead atoms. The third-order valence-electron chi connectivity index (χ3n) is 6.62. The second-order valence-corrected chi connectivity index (χ2v) is 9.31. The Morgan fingerprint density at radius 2 is 1.81 bits per heavy atom. The molecule has 170 valence electrons. The molecule has 3 atom stereocenters. The normalized spacial score (nSPS) is 20.4. The van der Waals surface area contributed by atoms with E-state index in [2.05, 4.69) is 17.6 Å². The Morgan fingerprint density at radius 1 is 1.06 bits per heavy atom. The van der Waals surface area contributed by atoms with Gasteiger partial charge in [0.1, 0.15) is 6.04 Å². The molecule has 2 N–H and O–H groups in total. The first-order valence-electron chi connectivity index (χ1n) is 11.5. The van der Waals surface area contributed by atoms with E-state index in [9.17, 15) is 14.4 Å². The lowest BCUT2D eigenvalue weighted by molar-refractivity contribution is -0.118. The van der Waals surface area contributed by atoms with E-state index >= 15 is 0 Å². The van der Waals surface area contributed by atoms with E-state index < -0.39 is 6.04 Å². The fraction of sp³-hybridized carbons (Fsp3) is 0.480. The number of amides is 3. The summed E-state index contributed by atoms with van der Waals surface area (Å²) in [6.45, 7) is 7.72. The first kappa shape index (κ1) is 22.1. The number of pyridine rings is 1. The molecule has 2 aromatic rings. The van der Waals surface area contributed by atoms with Crippen LogP contribution in [0.3, 0.4) is 0 Å². The number of nitrogens with one attached hydrogen (secondary N) is 2. The standard InChI is InChI=1S/C25H32N4O3/c1-4-17-8-10-20(11-9-17)26-24(31)23(16(2)3)27-25(32)28-13-18-12-19(15-28)21-6-5-7-22(30)29(21)14-18/h5-11,16,18-19,23H,4,12-15H2,1-3H3,(H,26,31)(H,27,32)/t18-,19+,23-/m0/s1. The van der Waals surface area contributed by atoms with Crippen LogP contribution in [-0.2, 0) is 17.8 Å². The van der Waals surface area contributed by atoms with Gasteiger partial charge in [-0.25, -0.2) is 4.79 Å². The Bertz CT molecular complexity index is 1040. The first-order chi connectivity index (χ1) is 15.4. The molecule has 32 heavy (non-hydrogen) atoms. The fourth-order valence-corrected chi connectivity index (χ4v) is 4.87. The number of hydrogen-bond acceptors (Lipinski definition) is 3. The van der Waals surface area contributed by atoms with Gasteiger partial charge in [-0.1, -0.05) is 39.0 Å². The molecule has 0 radical (unpaired) electrons. The highest BCUT2D eigenvalue weighted by atomic mass is 16.2. The number of hydrogen-bond donors (Lipinski definition) is 2. The SMILES string of the molecule is CCc1ccc(NC(=O)[C@@H](NC(=O)N2C[C@@H]3C[C@H](C2)c2cccc(=O)n2C3)C(C)C)cc1. The van der Waals surface area contributed by atoms with E-state index in [4.69, 9.17) is 0 Å². The summed E-state index contributed by atoms with van der Waals surface area (Å²) < 4.78 is 1.85. The smallest absolute Gasteiger partial charge is 0.318 e. The van der Waals surface area contributed by atoms with Crippen molar-refractivity contribution in [2.45, 2.75) is 52.1 Å². The molecule has 0 aliphatic carbocycles. The van der Waals surface area contributed by atoms with Gasteiger partial charge < -0.3 is 20.1 Å². The molecule has 1 fully saturated rings. The minimum Gasteiger partial charge on any atom is -0.326 e. The summed E-state index contributed by atoms with van der Waals surface area (Å²) in [5, 5.41) is 5.89. The second-order valence-electron chi connectivity index (χ2n) is 9.31. The summed E-state index contributed by atoms with van der Waals surface area (Å²) in [7, 11) is 0. The largest absolute Gasteiger partial charge is 0.326 e. The van der Waals surface area contributed by atoms with E-state index in [1.54, 1.807) is 17.0 Å². The van der Waals surface area contributed by atoms with Gasteiger partial charge in [0.2, 0.25) is 5.91 Å². The summed E-state index contributed by atoms with van der Waals surface area (Å²) in [5.41, 5.74) is 2.95. The molecule has 7 nitrogen and oxygen atoms in total. The second kappa shape index (κ2) is 9.18. The lowest BCUT2D eigenvalue weighted by atomic mass is 9.83. The number of urea groups is 1. The third kappa shape index (κ3) is 4.56. The number of anilines is 1. The van der Waals surface area contributed by atoms with Crippen LogP contribution in [0.15, 0.2) is 47.3 Å². The average Bonchev–Trinajstić information content (AvgIpc) is 2.78. The zero-order valence-corrected chi connectivity index (χ0v) is 19.0. The van der Waals surface area contributed by atoms with Crippen LogP contribution in [0.5, 0.6) is 0 Å². The van der Waals surface area contributed by atoms with Crippen molar-refractivity contribution in [3.05, 3.63) is 64.1 Å². The maximum atomic E-state index is 13.1. The molecule has 3 amide bonds. The Hall–Kier alpha value is -3.09. The molecule has 0 saturated carbocycles. The Balaban J connectivity index is 1.43. The number of carbonyl (C=O) groups is 2. The van der Waals surface area contributed by atoms with Crippen molar-refractivity contribution < 1.29 is 9.59 Å². The summed E-state index contributed by atoms with van der Waals surface area (Å²) >= 11 is 0. The van der Waals surface area contributed by atoms with Gasteiger partial charge in [-0.3, -0.25) is 9.59 Å². The van der Waals surface area contributed by atoms with Crippen LogP contribution in [0.25, 0.3) is 0 Å². The number of piperidine rings is 1. The van der Waals surface area contributed by atoms with E-state index in [0.717, 1.165) is 24.2 Å². The lowest BCUT2D eigenvalue weighted by Crippen LogP contribution is -2.56. The summed E-state index contributed by atoms with van der Waals surface area (Å²) in [4.78, 5) is 40.1. The van der Waals surface area contributed by atoms with Crippen molar-refractivity contribution >= 4 is 17.6 Å². The Morgan fingerprint density at radius 3 is 2.50 bits per heavy atom. The van der Waals surface area contributed by atoms with Crippen molar-refractivity contribution in [3.63, 3.8) is 0 Å². The highest BCUT2D eigenvalue weighted by Crippen LogP contribution is 2.34. The predicted molar refractivity (Wildman–Crippen MR) is 125 cm³/mol. The van der Waals surface area contributed by atoms with Crippen LogP contribution in [0, 0.1) is 11.8 Å². The molecule has 7 heteroatoms. The monoisotopic (exact) mass is 436 g/mol. The van der Waals surface area contributed by atoms with Gasteiger partial charge in [-0.05, 0) is 48.4 Å². The topological polar surface area (TPSA) is 83.4 Å².